The smallest absolute Gasteiger partial charge is 0.126 e. The molecule has 2 atom stereocenters. The average molecular weight is 316 g/mol. The minimum atomic E-state index is 0.298. The Balaban J connectivity index is 1.59. The molecule has 0 unspecified atom stereocenters. The third-order valence-electron chi connectivity index (χ3n) is 3.77. The molecule has 3 aromatic rings. The van der Waals surface area contributed by atoms with Crippen LogP contribution in [0.1, 0.15) is 25.6 Å². The summed E-state index contributed by atoms with van der Waals surface area (Å²) >= 11 is 1.65. The molecular formula is C15H20N6S. The zero-order chi connectivity index (χ0) is 15.5. The second-order valence-corrected chi connectivity index (χ2v) is 6.30. The lowest BCUT2D eigenvalue weighted by atomic mass is 10.2. The van der Waals surface area contributed by atoms with Crippen LogP contribution in [0.5, 0.6) is 0 Å². The number of aryl methyl sites for hydroxylation is 1. The third kappa shape index (κ3) is 3.26. The fourth-order valence-electron chi connectivity index (χ4n) is 2.24. The molecule has 22 heavy (non-hydrogen) atoms. The van der Waals surface area contributed by atoms with E-state index >= 15 is 0 Å². The number of nitrogens with zero attached hydrogens (tertiary/aromatic N) is 5. The molecule has 7 heteroatoms. The molecule has 0 aromatic carbocycles. The van der Waals surface area contributed by atoms with Crippen LogP contribution < -0.4 is 5.32 Å². The van der Waals surface area contributed by atoms with E-state index in [9.17, 15) is 0 Å². The molecule has 6 nitrogen and oxygen atoms in total. The quantitative estimate of drug-likeness (QED) is 0.759. The Bertz CT molecular complexity index is 714. The van der Waals surface area contributed by atoms with Gasteiger partial charge >= 0.3 is 0 Å². The van der Waals surface area contributed by atoms with Crippen molar-refractivity contribution in [3.63, 3.8) is 0 Å². The van der Waals surface area contributed by atoms with Gasteiger partial charge in [-0.3, -0.25) is 9.36 Å². The van der Waals surface area contributed by atoms with Gasteiger partial charge in [0.15, 0.2) is 0 Å². The SMILES string of the molecule is C[C@H]([C@@H](C)NCc1csc(-c2cnn(C)c2)n1)n1cccn1. The molecule has 3 aromatic heterocycles. The Labute approximate surface area is 133 Å². The summed E-state index contributed by atoms with van der Waals surface area (Å²) in [6.07, 6.45) is 7.63. The Hall–Kier alpha value is -1.99. The standard InChI is InChI=1S/C15H20N6S/c1-11(12(2)21-6-4-5-17-21)16-8-14-10-22-15(19-14)13-7-18-20(3)9-13/h4-7,9-12,16H,8H2,1-3H3/t11-,12-/m1/s1. The van der Waals surface area contributed by atoms with E-state index in [4.69, 9.17) is 0 Å². The van der Waals surface area contributed by atoms with Gasteiger partial charge in [0.2, 0.25) is 0 Å². The number of aromatic nitrogens is 5. The van der Waals surface area contributed by atoms with Crippen LogP contribution in [-0.2, 0) is 13.6 Å². The molecule has 3 heterocycles. The first-order valence-corrected chi connectivity index (χ1v) is 8.17. The lowest BCUT2D eigenvalue weighted by Gasteiger charge is -2.21. The second-order valence-electron chi connectivity index (χ2n) is 5.44. The number of thiazole rings is 1. The van der Waals surface area contributed by atoms with E-state index in [0.29, 0.717) is 12.1 Å². The molecule has 0 aliphatic rings. The number of hydrogen-bond acceptors (Lipinski definition) is 5. The maximum atomic E-state index is 4.67. The molecular weight excluding hydrogens is 296 g/mol. The molecule has 3 rings (SSSR count). The number of nitrogens with one attached hydrogen (secondary N) is 1. The lowest BCUT2D eigenvalue weighted by Crippen LogP contribution is -2.33. The van der Waals surface area contributed by atoms with Crippen molar-refractivity contribution in [2.24, 2.45) is 7.05 Å². The highest BCUT2D eigenvalue weighted by Crippen LogP contribution is 2.23. The first kappa shape index (κ1) is 14.9. The van der Waals surface area contributed by atoms with Gasteiger partial charge in [-0.1, -0.05) is 0 Å². The molecule has 0 saturated carbocycles. The molecule has 0 aliphatic heterocycles. The van der Waals surface area contributed by atoms with Gasteiger partial charge in [0.05, 0.1) is 17.9 Å². The fraction of sp³-hybridized carbons (Fsp3) is 0.400. The lowest BCUT2D eigenvalue weighted by molar-refractivity contribution is 0.364. The molecule has 1 N–H and O–H groups in total. The molecule has 0 amide bonds. The van der Waals surface area contributed by atoms with Gasteiger partial charge in [-0.2, -0.15) is 10.2 Å². The van der Waals surface area contributed by atoms with Crippen molar-refractivity contribution >= 4 is 11.3 Å². The Morgan fingerprint density at radius 3 is 2.86 bits per heavy atom. The van der Waals surface area contributed by atoms with Crippen LogP contribution in [0.3, 0.4) is 0 Å². The molecule has 0 fully saturated rings. The van der Waals surface area contributed by atoms with E-state index in [-0.39, 0.29) is 0 Å². The van der Waals surface area contributed by atoms with Gasteiger partial charge in [0, 0.05) is 49.2 Å². The zero-order valence-electron chi connectivity index (χ0n) is 13.0. The summed E-state index contributed by atoms with van der Waals surface area (Å²) in [5.41, 5.74) is 2.13. The summed E-state index contributed by atoms with van der Waals surface area (Å²) in [6, 6.07) is 2.55. The largest absolute Gasteiger partial charge is 0.306 e. The predicted molar refractivity (Wildman–Crippen MR) is 87.6 cm³/mol. The van der Waals surface area contributed by atoms with Gasteiger partial charge in [0.1, 0.15) is 5.01 Å². The summed E-state index contributed by atoms with van der Waals surface area (Å²) in [4.78, 5) is 4.67. The van der Waals surface area contributed by atoms with Crippen LogP contribution in [0.25, 0.3) is 10.6 Å². The predicted octanol–water partition coefficient (Wildman–Crippen LogP) is 2.48. The van der Waals surface area contributed by atoms with Gasteiger partial charge in [-0.05, 0) is 19.9 Å². The van der Waals surface area contributed by atoms with E-state index < -0.39 is 0 Å². The minimum Gasteiger partial charge on any atom is -0.306 e. The summed E-state index contributed by atoms with van der Waals surface area (Å²) < 4.78 is 3.77. The average Bonchev–Trinajstić information content (AvgIpc) is 3.24. The topological polar surface area (TPSA) is 60.6 Å². The summed E-state index contributed by atoms with van der Waals surface area (Å²) in [7, 11) is 1.91. The van der Waals surface area contributed by atoms with Crippen LogP contribution in [0.15, 0.2) is 36.2 Å². The minimum absolute atomic E-state index is 0.298. The highest BCUT2D eigenvalue weighted by molar-refractivity contribution is 7.13. The maximum Gasteiger partial charge on any atom is 0.126 e. The normalized spacial score (nSPS) is 14.1. The van der Waals surface area contributed by atoms with Gasteiger partial charge in [0.25, 0.3) is 0 Å². The van der Waals surface area contributed by atoms with E-state index in [1.807, 2.05) is 42.6 Å². The zero-order valence-corrected chi connectivity index (χ0v) is 13.8. The third-order valence-corrected chi connectivity index (χ3v) is 4.71. The van der Waals surface area contributed by atoms with Crippen molar-refractivity contribution in [2.45, 2.75) is 32.5 Å². The number of rotatable bonds is 6. The van der Waals surface area contributed by atoms with Crippen LogP contribution in [0.4, 0.5) is 0 Å². The molecule has 0 saturated heterocycles. The van der Waals surface area contributed by atoms with Crippen LogP contribution in [-0.4, -0.2) is 30.6 Å². The fourth-order valence-corrected chi connectivity index (χ4v) is 3.03. The second kappa shape index (κ2) is 6.41. The first-order chi connectivity index (χ1) is 10.6. The maximum absolute atomic E-state index is 4.67. The van der Waals surface area contributed by atoms with Gasteiger partial charge < -0.3 is 5.32 Å². The highest BCUT2D eigenvalue weighted by Gasteiger charge is 2.14. The monoisotopic (exact) mass is 316 g/mol. The summed E-state index contributed by atoms with van der Waals surface area (Å²) in [5, 5.41) is 15.1. The van der Waals surface area contributed by atoms with E-state index in [1.165, 1.54) is 0 Å². The van der Waals surface area contributed by atoms with Gasteiger partial charge in [-0.15, -0.1) is 11.3 Å². The number of hydrogen-bond donors (Lipinski definition) is 1. The molecule has 0 radical (unpaired) electrons. The van der Waals surface area contributed by atoms with E-state index in [2.05, 4.69) is 39.7 Å². The Morgan fingerprint density at radius 1 is 1.32 bits per heavy atom. The summed E-state index contributed by atoms with van der Waals surface area (Å²) in [6.45, 7) is 5.08. The van der Waals surface area contributed by atoms with Crippen molar-refractivity contribution in [3.8, 4) is 10.6 Å². The Morgan fingerprint density at radius 2 is 2.18 bits per heavy atom. The van der Waals surface area contributed by atoms with Crippen molar-refractivity contribution in [3.05, 3.63) is 41.9 Å². The van der Waals surface area contributed by atoms with Crippen LogP contribution >= 0.6 is 11.3 Å². The summed E-state index contributed by atoms with van der Waals surface area (Å²) in [5.74, 6) is 0. The van der Waals surface area contributed by atoms with Crippen molar-refractivity contribution in [2.75, 3.05) is 0 Å². The van der Waals surface area contributed by atoms with Crippen LogP contribution in [0.2, 0.25) is 0 Å². The highest BCUT2D eigenvalue weighted by atomic mass is 32.1. The molecule has 0 aliphatic carbocycles. The Kier molecular flexibility index (Phi) is 4.35. The van der Waals surface area contributed by atoms with E-state index in [1.54, 1.807) is 16.0 Å². The first-order valence-electron chi connectivity index (χ1n) is 7.29. The van der Waals surface area contributed by atoms with E-state index in [0.717, 1.165) is 22.8 Å². The van der Waals surface area contributed by atoms with Crippen molar-refractivity contribution in [1.29, 1.82) is 0 Å². The molecule has 116 valence electrons. The van der Waals surface area contributed by atoms with Gasteiger partial charge in [-0.25, -0.2) is 4.98 Å². The van der Waals surface area contributed by atoms with Crippen molar-refractivity contribution < 1.29 is 0 Å². The molecule has 0 spiro atoms. The van der Waals surface area contributed by atoms with Crippen molar-refractivity contribution in [1.82, 2.24) is 29.9 Å². The van der Waals surface area contributed by atoms with Crippen LogP contribution in [0, 0.1) is 0 Å². The molecule has 0 bridgehead atoms.